The number of aryl methyl sites for hydroxylation is 2. The van der Waals surface area contributed by atoms with Crippen LogP contribution in [0.15, 0.2) is 28.9 Å². The third-order valence-corrected chi connectivity index (χ3v) is 4.02. The van der Waals surface area contributed by atoms with Gasteiger partial charge in [-0.1, -0.05) is 0 Å². The summed E-state index contributed by atoms with van der Waals surface area (Å²) < 4.78 is 13.4. The van der Waals surface area contributed by atoms with Gasteiger partial charge in [-0.3, -0.25) is 4.68 Å². The number of ether oxygens (including phenoxy) is 1. The summed E-state index contributed by atoms with van der Waals surface area (Å²) in [4.78, 5) is 0. The van der Waals surface area contributed by atoms with Crippen LogP contribution in [0.1, 0.15) is 36.5 Å². The average Bonchev–Trinajstić information content (AvgIpc) is 3.19. The Kier molecular flexibility index (Phi) is 4.41. The highest BCUT2D eigenvalue weighted by Crippen LogP contribution is 2.33. The third-order valence-electron chi connectivity index (χ3n) is 4.02. The molecule has 0 aromatic carbocycles. The van der Waals surface area contributed by atoms with Gasteiger partial charge < -0.3 is 14.5 Å². The first-order chi connectivity index (χ1) is 10.3. The van der Waals surface area contributed by atoms with Crippen LogP contribution in [0.3, 0.4) is 0 Å². The van der Waals surface area contributed by atoms with Gasteiger partial charge in [-0.2, -0.15) is 5.10 Å². The van der Waals surface area contributed by atoms with E-state index >= 15 is 0 Å². The second-order valence-electron chi connectivity index (χ2n) is 5.61. The van der Waals surface area contributed by atoms with Crippen molar-refractivity contribution >= 4 is 0 Å². The van der Waals surface area contributed by atoms with Gasteiger partial charge in [0.1, 0.15) is 11.5 Å². The number of furan rings is 1. The van der Waals surface area contributed by atoms with Crippen molar-refractivity contribution in [1.82, 2.24) is 15.1 Å². The lowest BCUT2D eigenvalue weighted by molar-refractivity contribution is 0.0902. The Morgan fingerprint density at radius 3 is 3.05 bits per heavy atom. The normalized spacial score (nSPS) is 22.0. The van der Waals surface area contributed by atoms with Crippen LogP contribution >= 0.6 is 0 Å². The topological polar surface area (TPSA) is 52.2 Å². The van der Waals surface area contributed by atoms with E-state index in [1.54, 1.807) is 0 Å². The maximum absolute atomic E-state index is 5.90. The number of rotatable bonds is 6. The Morgan fingerprint density at radius 2 is 2.33 bits per heavy atom. The van der Waals surface area contributed by atoms with Gasteiger partial charge in [0.05, 0.1) is 18.8 Å². The number of hydrogen-bond acceptors (Lipinski definition) is 4. The van der Waals surface area contributed by atoms with E-state index in [0.717, 1.165) is 44.2 Å². The summed E-state index contributed by atoms with van der Waals surface area (Å²) in [6.45, 7) is 7.49. The van der Waals surface area contributed by atoms with E-state index in [-0.39, 0.29) is 6.10 Å². The molecule has 0 amide bonds. The number of hydrogen-bond donors (Lipinski definition) is 1. The second-order valence-corrected chi connectivity index (χ2v) is 5.61. The molecule has 1 saturated heterocycles. The standard InChI is InChI=1S/C16H23N3O2/c1-3-19-11-14(9-18-19)16-13(6-7-20-16)8-17-10-15-5-4-12(2)21-15/h4-5,9,11,13,16-17H,3,6-8,10H2,1-2H3/t13-,16-/m1/s1. The molecule has 0 saturated carbocycles. The third kappa shape index (κ3) is 3.36. The van der Waals surface area contributed by atoms with E-state index in [9.17, 15) is 0 Å². The van der Waals surface area contributed by atoms with Crippen molar-refractivity contribution in [3.8, 4) is 0 Å². The van der Waals surface area contributed by atoms with Crippen LogP contribution in [0.4, 0.5) is 0 Å². The minimum absolute atomic E-state index is 0.163. The minimum atomic E-state index is 0.163. The summed E-state index contributed by atoms with van der Waals surface area (Å²) in [5.41, 5.74) is 1.19. The molecule has 5 nitrogen and oxygen atoms in total. The molecule has 114 valence electrons. The van der Waals surface area contributed by atoms with Crippen molar-refractivity contribution in [2.24, 2.45) is 5.92 Å². The maximum atomic E-state index is 5.90. The van der Waals surface area contributed by atoms with Crippen molar-refractivity contribution in [2.45, 2.75) is 39.5 Å². The molecule has 0 unspecified atom stereocenters. The van der Waals surface area contributed by atoms with Gasteiger partial charge in [0.2, 0.25) is 0 Å². The predicted molar refractivity (Wildman–Crippen MR) is 79.9 cm³/mol. The van der Waals surface area contributed by atoms with E-state index in [1.165, 1.54) is 5.56 Å². The van der Waals surface area contributed by atoms with Gasteiger partial charge >= 0.3 is 0 Å². The van der Waals surface area contributed by atoms with E-state index in [1.807, 2.05) is 29.9 Å². The lowest BCUT2D eigenvalue weighted by Crippen LogP contribution is -2.24. The summed E-state index contributed by atoms with van der Waals surface area (Å²) in [7, 11) is 0. The Bertz CT molecular complexity index is 576. The van der Waals surface area contributed by atoms with E-state index < -0.39 is 0 Å². The van der Waals surface area contributed by atoms with Gasteiger partial charge in [-0.05, 0) is 32.4 Å². The highest BCUT2D eigenvalue weighted by Gasteiger charge is 2.30. The van der Waals surface area contributed by atoms with Crippen molar-refractivity contribution in [2.75, 3.05) is 13.2 Å². The smallest absolute Gasteiger partial charge is 0.117 e. The molecule has 3 rings (SSSR count). The highest BCUT2D eigenvalue weighted by atomic mass is 16.5. The largest absolute Gasteiger partial charge is 0.465 e. The summed E-state index contributed by atoms with van der Waals surface area (Å²) in [6.07, 6.45) is 5.28. The first-order valence-corrected chi connectivity index (χ1v) is 7.66. The van der Waals surface area contributed by atoms with E-state index in [0.29, 0.717) is 5.92 Å². The van der Waals surface area contributed by atoms with Crippen LogP contribution in [0.2, 0.25) is 0 Å². The Hall–Kier alpha value is -1.59. The maximum Gasteiger partial charge on any atom is 0.117 e. The van der Waals surface area contributed by atoms with Crippen molar-refractivity contribution in [3.63, 3.8) is 0 Å². The molecule has 2 atom stereocenters. The monoisotopic (exact) mass is 289 g/mol. The van der Waals surface area contributed by atoms with Crippen LogP contribution < -0.4 is 5.32 Å². The van der Waals surface area contributed by atoms with Crippen molar-refractivity contribution < 1.29 is 9.15 Å². The first-order valence-electron chi connectivity index (χ1n) is 7.66. The molecule has 1 aliphatic heterocycles. The molecule has 0 bridgehead atoms. The SMILES string of the molecule is CCn1cc([C@@H]2OCC[C@@H]2CNCc2ccc(C)o2)cn1. The van der Waals surface area contributed by atoms with Gasteiger partial charge in [0, 0.05) is 37.4 Å². The van der Waals surface area contributed by atoms with Gasteiger partial charge in [-0.25, -0.2) is 0 Å². The lowest BCUT2D eigenvalue weighted by atomic mass is 9.97. The average molecular weight is 289 g/mol. The summed E-state index contributed by atoms with van der Waals surface area (Å²) >= 11 is 0. The number of nitrogens with one attached hydrogen (secondary N) is 1. The quantitative estimate of drug-likeness (QED) is 0.888. The molecule has 5 heteroatoms. The van der Waals surface area contributed by atoms with Crippen LogP contribution in [0.25, 0.3) is 0 Å². The minimum Gasteiger partial charge on any atom is -0.465 e. The second kappa shape index (κ2) is 6.45. The van der Waals surface area contributed by atoms with Gasteiger partial charge in [0.25, 0.3) is 0 Å². The molecule has 21 heavy (non-hydrogen) atoms. The van der Waals surface area contributed by atoms with Crippen LogP contribution in [0.5, 0.6) is 0 Å². The molecule has 0 spiro atoms. The Balaban J connectivity index is 1.54. The molecule has 0 radical (unpaired) electrons. The van der Waals surface area contributed by atoms with Crippen molar-refractivity contribution in [1.29, 1.82) is 0 Å². The molecular weight excluding hydrogens is 266 g/mol. The zero-order chi connectivity index (χ0) is 14.7. The molecule has 1 N–H and O–H groups in total. The number of aromatic nitrogens is 2. The first kappa shape index (κ1) is 14.4. The van der Waals surface area contributed by atoms with Crippen LogP contribution in [-0.4, -0.2) is 22.9 Å². The van der Waals surface area contributed by atoms with E-state index in [2.05, 4.69) is 23.5 Å². The summed E-state index contributed by atoms with van der Waals surface area (Å²) in [6, 6.07) is 4.02. The molecule has 2 aromatic rings. The fourth-order valence-electron chi connectivity index (χ4n) is 2.87. The molecular formula is C16H23N3O2. The van der Waals surface area contributed by atoms with Gasteiger partial charge in [-0.15, -0.1) is 0 Å². The van der Waals surface area contributed by atoms with Crippen molar-refractivity contribution in [3.05, 3.63) is 41.6 Å². The molecule has 1 fully saturated rings. The Labute approximate surface area is 125 Å². The molecule has 2 aromatic heterocycles. The predicted octanol–water partition coefficient (Wildman–Crippen LogP) is 2.67. The van der Waals surface area contributed by atoms with Gasteiger partial charge in [0.15, 0.2) is 0 Å². The molecule has 0 aliphatic carbocycles. The molecule has 1 aliphatic rings. The summed E-state index contributed by atoms with van der Waals surface area (Å²) in [5.74, 6) is 2.44. The Morgan fingerprint density at radius 1 is 1.43 bits per heavy atom. The molecule has 3 heterocycles. The zero-order valence-corrected chi connectivity index (χ0v) is 12.7. The fraction of sp³-hybridized carbons (Fsp3) is 0.562. The van der Waals surface area contributed by atoms with Crippen LogP contribution in [0, 0.1) is 12.8 Å². The van der Waals surface area contributed by atoms with E-state index in [4.69, 9.17) is 9.15 Å². The van der Waals surface area contributed by atoms with Crippen LogP contribution in [-0.2, 0) is 17.8 Å². The number of nitrogens with zero attached hydrogens (tertiary/aromatic N) is 2. The summed E-state index contributed by atoms with van der Waals surface area (Å²) in [5, 5.41) is 7.82. The lowest BCUT2D eigenvalue weighted by Gasteiger charge is -2.17. The zero-order valence-electron chi connectivity index (χ0n) is 12.7. The highest BCUT2D eigenvalue weighted by molar-refractivity contribution is 5.11. The fourth-order valence-corrected chi connectivity index (χ4v) is 2.87.